The van der Waals surface area contributed by atoms with Gasteiger partial charge in [-0.05, 0) is 18.8 Å². The number of carbonyl (C=O) groups is 2. The highest BCUT2D eigenvalue weighted by molar-refractivity contribution is 5.78. The summed E-state index contributed by atoms with van der Waals surface area (Å²) in [6.07, 6.45) is 1.82. The molecule has 15 heavy (non-hydrogen) atoms. The van der Waals surface area contributed by atoms with Crippen molar-refractivity contribution in [3.05, 3.63) is 0 Å². The van der Waals surface area contributed by atoms with Gasteiger partial charge in [-0.2, -0.15) is 0 Å². The third-order valence-electron chi connectivity index (χ3n) is 2.93. The van der Waals surface area contributed by atoms with Gasteiger partial charge in [0.2, 0.25) is 5.91 Å². The molecule has 4 heteroatoms. The number of esters is 1. The van der Waals surface area contributed by atoms with E-state index in [-0.39, 0.29) is 17.8 Å². The lowest BCUT2D eigenvalue weighted by Crippen LogP contribution is -2.41. The fourth-order valence-corrected chi connectivity index (χ4v) is 2.04. The number of piperidine rings is 1. The van der Waals surface area contributed by atoms with Crippen molar-refractivity contribution < 1.29 is 14.3 Å². The minimum atomic E-state index is -0.185. The van der Waals surface area contributed by atoms with Gasteiger partial charge in [0.1, 0.15) is 0 Å². The first-order valence-corrected chi connectivity index (χ1v) is 5.59. The zero-order valence-electron chi connectivity index (χ0n) is 9.41. The van der Waals surface area contributed by atoms with E-state index in [4.69, 9.17) is 4.74 Å². The molecule has 0 spiro atoms. The van der Waals surface area contributed by atoms with E-state index in [9.17, 15) is 9.59 Å². The highest BCUT2D eigenvalue weighted by Gasteiger charge is 2.29. The number of hydrogen-bond donors (Lipinski definition) is 1. The van der Waals surface area contributed by atoms with E-state index in [1.165, 1.54) is 0 Å². The summed E-state index contributed by atoms with van der Waals surface area (Å²) >= 11 is 0. The smallest absolute Gasteiger partial charge is 0.306 e. The Bertz CT molecular complexity index is 240. The molecular weight excluding hydrogens is 194 g/mol. The van der Waals surface area contributed by atoms with Gasteiger partial charge in [-0.1, -0.05) is 13.3 Å². The molecule has 0 radical (unpaired) electrons. The molecule has 1 saturated heterocycles. The van der Waals surface area contributed by atoms with Crippen LogP contribution in [-0.2, 0) is 14.3 Å². The Morgan fingerprint density at radius 3 is 2.80 bits per heavy atom. The maximum Gasteiger partial charge on any atom is 0.306 e. The Morgan fingerprint density at radius 2 is 2.20 bits per heavy atom. The third kappa shape index (κ3) is 3.53. The Labute approximate surface area is 90.4 Å². The van der Waals surface area contributed by atoms with Gasteiger partial charge in [-0.25, -0.2) is 0 Å². The van der Waals surface area contributed by atoms with Gasteiger partial charge in [0.25, 0.3) is 0 Å². The van der Waals surface area contributed by atoms with Crippen LogP contribution in [-0.4, -0.2) is 25.0 Å². The van der Waals surface area contributed by atoms with Crippen molar-refractivity contribution in [1.29, 1.82) is 0 Å². The van der Waals surface area contributed by atoms with Crippen molar-refractivity contribution in [2.75, 3.05) is 13.2 Å². The Morgan fingerprint density at radius 1 is 1.47 bits per heavy atom. The van der Waals surface area contributed by atoms with Gasteiger partial charge in [0, 0.05) is 19.4 Å². The first kappa shape index (κ1) is 12.0. The third-order valence-corrected chi connectivity index (χ3v) is 2.93. The molecule has 0 bridgehead atoms. The maximum absolute atomic E-state index is 11.3. The monoisotopic (exact) mass is 213 g/mol. The second-order valence-electron chi connectivity index (χ2n) is 3.95. The zero-order chi connectivity index (χ0) is 11.3. The number of carbonyl (C=O) groups excluding carboxylic acids is 2. The average Bonchev–Trinajstić information content (AvgIpc) is 2.18. The molecule has 1 fully saturated rings. The second-order valence-corrected chi connectivity index (χ2v) is 3.95. The van der Waals surface area contributed by atoms with Crippen LogP contribution in [0.5, 0.6) is 0 Å². The molecule has 0 aromatic carbocycles. The number of ether oxygens (including phenoxy) is 1. The van der Waals surface area contributed by atoms with Gasteiger partial charge < -0.3 is 10.1 Å². The maximum atomic E-state index is 11.3. The molecule has 2 unspecified atom stereocenters. The van der Waals surface area contributed by atoms with Crippen molar-refractivity contribution in [3.63, 3.8) is 0 Å². The van der Waals surface area contributed by atoms with Crippen LogP contribution < -0.4 is 5.32 Å². The van der Waals surface area contributed by atoms with Crippen molar-refractivity contribution in [2.45, 2.75) is 33.1 Å². The molecular formula is C11H19NO3. The summed E-state index contributed by atoms with van der Waals surface area (Å²) in [4.78, 5) is 22.5. The van der Waals surface area contributed by atoms with Gasteiger partial charge in [-0.15, -0.1) is 0 Å². The van der Waals surface area contributed by atoms with E-state index in [2.05, 4.69) is 12.2 Å². The standard InChI is InChI=1S/C11H19NO3/c1-3-8-7-12-10(13)5-9(8)6-11(14)15-4-2/h8-9H,3-7H2,1-2H3,(H,12,13). The lowest BCUT2D eigenvalue weighted by Gasteiger charge is -2.30. The summed E-state index contributed by atoms with van der Waals surface area (Å²) in [5, 5.41) is 2.83. The Balaban J connectivity index is 2.48. The van der Waals surface area contributed by atoms with Crippen LogP contribution in [0.1, 0.15) is 33.1 Å². The number of nitrogens with one attached hydrogen (secondary N) is 1. The van der Waals surface area contributed by atoms with Crippen LogP contribution in [0.15, 0.2) is 0 Å². The highest BCUT2D eigenvalue weighted by atomic mass is 16.5. The average molecular weight is 213 g/mol. The summed E-state index contributed by atoms with van der Waals surface area (Å²) in [5.74, 6) is 0.430. The Hall–Kier alpha value is -1.06. The first-order valence-electron chi connectivity index (χ1n) is 5.59. The number of amides is 1. The van der Waals surface area contributed by atoms with Gasteiger partial charge >= 0.3 is 5.97 Å². The lowest BCUT2D eigenvalue weighted by atomic mass is 9.82. The highest BCUT2D eigenvalue weighted by Crippen LogP contribution is 2.26. The topological polar surface area (TPSA) is 55.4 Å². The summed E-state index contributed by atoms with van der Waals surface area (Å²) in [6.45, 7) is 4.98. The number of rotatable bonds is 4. The zero-order valence-corrected chi connectivity index (χ0v) is 9.41. The van der Waals surface area contributed by atoms with E-state index < -0.39 is 0 Å². The van der Waals surface area contributed by atoms with Crippen molar-refractivity contribution in [2.24, 2.45) is 11.8 Å². The summed E-state index contributed by atoms with van der Waals surface area (Å²) in [6, 6.07) is 0. The molecule has 1 heterocycles. The molecule has 0 aromatic rings. The summed E-state index contributed by atoms with van der Waals surface area (Å²) < 4.78 is 4.90. The molecule has 0 saturated carbocycles. The van der Waals surface area contributed by atoms with Crippen LogP contribution in [0.4, 0.5) is 0 Å². The molecule has 0 aromatic heterocycles. The molecule has 2 atom stereocenters. The van der Waals surface area contributed by atoms with Crippen LogP contribution in [0.2, 0.25) is 0 Å². The molecule has 1 rings (SSSR count). The largest absolute Gasteiger partial charge is 0.466 e. The van der Waals surface area contributed by atoms with E-state index in [1.54, 1.807) is 6.92 Å². The fourth-order valence-electron chi connectivity index (χ4n) is 2.04. The van der Waals surface area contributed by atoms with Gasteiger partial charge in [0.05, 0.1) is 6.61 Å². The lowest BCUT2D eigenvalue weighted by molar-refractivity contribution is -0.145. The molecule has 1 N–H and O–H groups in total. The molecule has 0 aliphatic carbocycles. The SMILES string of the molecule is CCOC(=O)CC1CC(=O)NCC1CC. The first-order chi connectivity index (χ1) is 7.17. The second kappa shape index (κ2) is 5.73. The van der Waals surface area contributed by atoms with Crippen molar-refractivity contribution in [1.82, 2.24) is 5.32 Å². The van der Waals surface area contributed by atoms with Crippen LogP contribution >= 0.6 is 0 Å². The fraction of sp³-hybridized carbons (Fsp3) is 0.818. The van der Waals surface area contributed by atoms with Crippen molar-refractivity contribution in [3.8, 4) is 0 Å². The van der Waals surface area contributed by atoms with Gasteiger partial charge in [-0.3, -0.25) is 9.59 Å². The van der Waals surface area contributed by atoms with Gasteiger partial charge in [0.15, 0.2) is 0 Å². The summed E-state index contributed by atoms with van der Waals surface area (Å²) in [5.41, 5.74) is 0. The van der Waals surface area contributed by atoms with E-state index in [0.29, 0.717) is 31.9 Å². The Kier molecular flexibility index (Phi) is 4.59. The quantitative estimate of drug-likeness (QED) is 0.711. The molecule has 1 amide bonds. The van der Waals surface area contributed by atoms with Crippen LogP contribution in [0.25, 0.3) is 0 Å². The normalized spacial score (nSPS) is 25.9. The van der Waals surface area contributed by atoms with E-state index >= 15 is 0 Å². The van der Waals surface area contributed by atoms with E-state index in [1.807, 2.05) is 0 Å². The minimum Gasteiger partial charge on any atom is -0.466 e. The predicted octanol–water partition coefficient (Wildman–Crippen LogP) is 1.10. The molecule has 1 aliphatic heterocycles. The molecule has 4 nitrogen and oxygen atoms in total. The predicted molar refractivity (Wildman–Crippen MR) is 56.1 cm³/mol. The van der Waals surface area contributed by atoms with Crippen molar-refractivity contribution >= 4 is 11.9 Å². The minimum absolute atomic E-state index is 0.0500. The van der Waals surface area contributed by atoms with Crippen LogP contribution in [0, 0.1) is 11.8 Å². The van der Waals surface area contributed by atoms with E-state index in [0.717, 1.165) is 6.42 Å². The molecule has 86 valence electrons. The molecule has 1 aliphatic rings. The number of hydrogen-bond acceptors (Lipinski definition) is 3. The van der Waals surface area contributed by atoms with Crippen LogP contribution in [0.3, 0.4) is 0 Å². The summed E-state index contributed by atoms with van der Waals surface area (Å²) in [7, 11) is 0.